The summed E-state index contributed by atoms with van der Waals surface area (Å²) in [6.45, 7) is 4.41. The maximum atomic E-state index is 12.0. The van der Waals surface area contributed by atoms with Crippen LogP contribution >= 0.6 is 0 Å². The number of carbonyl (C=O) groups is 1. The van der Waals surface area contributed by atoms with E-state index in [0.29, 0.717) is 11.2 Å². The third kappa shape index (κ3) is 3.14. The van der Waals surface area contributed by atoms with E-state index in [-0.39, 0.29) is 0 Å². The number of hydrogen-bond donors (Lipinski definition) is 2. The van der Waals surface area contributed by atoms with Crippen LogP contribution in [0.4, 0.5) is 0 Å². The number of fused-ring (bicyclic) bond motifs is 1. The number of aromatic amines is 1. The van der Waals surface area contributed by atoms with Crippen LogP contribution in [0.2, 0.25) is 0 Å². The minimum Gasteiger partial charge on any atom is -0.379 e. The average Bonchev–Trinajstić information content (AvgIpc) is 3.11. The molecule has 0 atom stereocenters. The molecule has 3 N–H and O–H groups in total. The molecule has 0 spiro atoms. The van der Waals surface area contributed by atoms with Crippen molar-refractivity contribution in [1.82, 2.24) is 14.9 Å². The van der Waals surface area contributed by atoms with Crippen molar-refractivity contribution in [2.45, 2.75) is 6.54 Å². The number of H-pyrrole nitrogens is 1. The molecule has 3 heterocycles. The van der Waals surface area contributed by atoms with Gasteiger partial charge in [0.1, 0.15) is 5.65 Å². The molecule has 1 fully saturated rings. The summed E-state index contributed by atoms with van der Waals surface area (Å²) in [6.07, 6.45) is 3.47. The van der Waals surface area contributed by atoms with Crippen molar-refractivity contribution in [3.8, 4) is 11.1 Å². The second-order valence-corrected chi connectivity index (χ2v) is 6.24. The third-order valence-corrected chi connectivity index (χ3v) is 4.61. The number of ether oxygens (including phenoxy) is 1. The number of aromatic nitrogens is 2. The van der Waals surface area contributed by atoms with Gasteiger partial charge < -0.3 is 15.5 Å². The number of nitrogens with two attached hydrogens (primary N) is 1. The van der Waals surface area contributed by atoms with Crippen molar-refractivity contribution in [1.29, 1.82) is 0 Å². The van der Waals surface area contributed by atoms with Gasteiger partial charge in [-0.05, 0) is 17.2 Å². The number of rotatable bonds is 4. The van der Waals surface area contributed by atoms with Crippen molar-refractivity contribution in [3.05, 3.63) is 53.9 Å². The highest BCUT2D eigenvalue weighted by Crippen LogP contribution is 2.28. The Kier molecular flexibility index (Phi) is 4.21. The van der Waals surface area contributed by atoms with E-state index in [1.165, 1.54) is 5.56 Å². The normalized spacial score (nSPS) is 15.5. The van der Waals surface area contributed by atoms with Gasteiger partial charge >= 0.3 is 0 Å². The molecule has 0 radical (unpaired) electrons. The van der Waals surface area contributed by atoms with E-state index in [4.69, 9.17) is 10.5 Å². The van der Waals surface area contributed by atoms with Crippen LogP contribution < -0.4 is 5.73 Å². The molecule has 1 amide bonds. The summed E-state index contributed by atoms with van der Waals surface area (Å²) < 4.78 is 5.38. The summed E-state index contributed by atoms with van der Waals surface area (Å²) in [5.41, 5.74) is 9.75. The van der Waals surface area contributed by atoms with Crippen molar-refractivity contribution in [2.75, 3.05) is 26.3 Å². The molecule has 128 valence electrons. The molecule has 1 saturated heterocycles. The minimum absolute atomic E-state index is 0.445. The fraction of sp³-hybridized carbons (Fsp3) is 0.263. The van der Waals surface area contributed by atoms with Gasteiger partial charge in [-0.3, -0.25) is 9.69 Å². The summed E-state index contributed by atoms with van der Waals surface area (Å²) in [4.78, 5) is 21.8. The summed E-state index contributed by atoms with van der Waals surface area (Å²) in [7, 11) is 0. The molecular formula is C19H20N4O2. The lowest BCUT2D eigenvalue weighted by Crippen LogP contribution is -2.35. The van der Waals surface area contributed by atoms with E-state index in [1.807, 2.05) is 18.2 Å². The zero-order valence-electron chi connectivity index (χ0n) is 13.9. The molecular weight excluding hydrogens is 316 g/mol. The predicted molar refractivity (Wildman–Crippen MR) is 96.1 cm³/mol. The van der Waals surface area contributed by atoms with Crippen molar-refractivity contribution in [2.24, 2.45) is 5.73 Å². The molecule has 2 aromatic heterocycles. The molecule has 1 aromatic carbocycles. The van der Waals surface area contributed by atoms with Crippen LogP contribution in [0.25, 0.3) is 22.2 Å². The molecule has 1 aliphatic rings. The lowest BCUT2D eigenvalue weighted by molar-refractivity contribution is 0.0342. The van der Waals surface area contributed by atoms with Gasteiger partial charge in [-0.15, -0.1) is 0 Å². The Hall–Kier alpha value is -2.70. The van der Waals surface area contributed by atoms with Gasteiger partial charge in [-0.25, -0.2) is 4.98 Å². The first-order valence-corrected chi connectivity index (χ1v) is 8.37. The molecule has 25 heavy (non-hydrogen) atoms. The van der Waals surface area contributed by atoms with Gasteiger partial charge in [0.15, 0.2) is 0 Å². The highest BCUT2D eigenvalue weighted by Gasteiger charge is 2.16. The van der Waals surface area contributed by atoms with Crippen LogP contribution in [0.1, 0.15) is 15.9 Å². The van der Waals surface area contributed by atoms with Crippen molar-refractivity contribution < 1.29 is 9.53 Å². The van der Waals surface area contributed by atoms with Crippen LogP contribution in [-0.4, -0.2) is 47.1 Å². The van der Waals surface area contributed by atoms with E-state index in [9.17, 15) is 4.79 Å². The van der Waals surface area contributed by atoms with Crippen LogP contribution in [0.5, 0.6) is 0 Å². The summed E-state index contributed by atoms with van der Waals surface area (Å²) >= 11 is 0. The Morgan fingerprint density at radius 2 is 1.96 bits per heavy atom. The lowest BCUT2D eigenvalue weighted by atomic mass is 9.98. The highest BCUT2D eigenvalue weighted by molar-refractivity contribution is 6.10. The maximum Gasteiger partial charge on any atom is 0.250 e. The fourth-order valence-electron chi connectivity index (χ4n) is 3.30. The molecule has 6 nitrogen and oxygen atoms in total. The molecule has 3 aromatic rings. The molecule has 0 bridgehead atoms. The Bertz CT molecular complexity index is 895. The van der Waals surface area contributed by atoms with Gasteiger partial charge in [0, 0.05) is 43.0 Å². The van der Waals surface area contributed by atoms with Crippen molar-refractivity contribution >= 4 is 16.9 Å². The first kappa shape index (κ1) is 15.8. The average molecular weight is 336 g/mol. The quantitative estimate of drug-likeness (QED) is 0.765. The molecule has 4 rings (SSSR count). The van der Waals surface area contributed by atoms with E-state index >= 15 is 0 Å². The molecule has 0 saturated carbocycles. The number of nitrogens with one attached hydrogen (secondary N) is 1. The molecule has 6 heteroatoms. The maximum absolute atomic E-state index is 12.0. The Morgan fingerprint density at radius 3 is 2.68 bits per heavy atom. The third-order valence-electron chi connectivity index (χ3n) is 4.61. The number of pyridine rings is 1. The Morgan fingerprint density at radius 1 is 1.20 bits per heavy atom. The molecule has 0 aliphatic carbocycles. The second-order valence-electron chi connectivity index (χ2n) is 6.24. The fourth-order valence-corrected chi connectivity index (χ4v) is 3.30. The monoisotopic (exact) mass is 336 g/mol. The Labute approximate surface area is 145 Å². The van der Waals surface area contributed by atoms with Crippen LogP contribution in [0.15, 0.2) is 42.7 Å². The van der Waals surface area contributed by atoms with Gasteiger partial charge in [-0.1, -0.05) is 24.3 Å². The zero-order chi connectivity index (χ0) is 17.2. The SMILES string of the molecule is NC(=O)c1c(-c2ccc(CN3CCOCC3)cc2)cnc2[nH]ccc12. The van der Waals surface area contributed by atoms with Gasteiger partial charge in [0.05, 0.1) is 18.8 Å². The van der Waals surface area contributed by atoms with Crippen LogP contribution in [0, 0.1) is 0 Å². The molecule has 0 unspecified atom stereocenters. The summed E-state index contributed by atoms with van der Waals surface area (Å²) in [5.74, 6) is -0.445. The summed E-state index contributed by atoms with van der Waals surface area (Å²) in [6, 6.07) is 10.1. The summed E-state index contributed by atoms with van der Waals surface area (Å²) in [5, 5.41) is 0.752. The van der Waals surface area contributed by atoms with E-state index in [0.717, 1.165) is 49.4 Å². The van der Waals surface area contributed by atoms with Gasteiger partial charge in [0.2, 0.25) is 5.91 Å². The number of primary amides is 1. The standard InChI is InChI=1S/C19H20N4O2/c20-18(24)17-15-5-6-21-19(15)22-11-16(17)14-3-1-13(2-4-14)12-23-7-9-25-10-8-23/h1-6,11H,7-10,12H2,(H2,20,24)(H,21,22). The zero-order valence-corrected chi connectivity index (χ0v) is 13.9. The van der Waals surface area contributed by atoms with Gasteiger partial charge in [0.25, 0.3) is 0 Å². The number of carbonyl (C=O) groups excluding carboxylic acids is 1. The first-order chi connectivity index (χ1) is 12.2. The van der Waals surface area contributed by atoms with E-state index in [2.05, 4.69) is 27.0 Å². The van der Waals surface area contributed by atoms with E-state index in [1.54, 1.807) is 12.4 Å². The minimum atomic E-state index is -0.445. The van der Waals surface area contributed by atoms with Crippen LogP contribution in [-0.2, 0) is 11.3 Å². The number of nitrogens with zero attached hydrogens (tertiary/aromatic N) is 2. The van der Waals surface area contributed by atoms with Gasteiger partial charge in [-0.2, -0.15) is 0 Å². The Balaban J connectivity index is 1.64. The molecule has 1 aliphatic heterocycles. The largest absolute Gasteiger partial charge is 0.379 e. The topological polar surface area (TPSA) is 84.2 Å². The highest BCUT2D eigenvalue weighted by atomic mass is 16.5. The second kappa shape index (κ2) is 6.66. The smallest absolute Gasteiger partial charge is 0.250 e. The van der Waals surface area contributed by atoms with Crippen molar-refractivity contribution in [3.63, 3.8) is 0 Å². The number of amides is 1. The number of hydrogen-bond acceptors (Lipinski definition) is 4. The predicted octanol–water partition coefficient (Wildman–Crippen LogP) is 2.16. The number of morpholine rings is 1. The van der Waals surface area contributed by atoms with E-state index < -0.39 is 5.91 Å². The lowest BCUT2D eigenvalue weighted by Gasteiger charge is -2.26. The number of benzene rings is 1. The first-order valence-electron chi connectivity index (χ1n) is 8.37. The van der Waals surface area contributed by atoms with Crippen LogP contribution in [0.3, 0.4) is 0 Å².